The molecule has 2 aromatic rings. The molecular weight excluding hydrogens is 286 g/mol. The van der Waals surface area contributed by atoms with Crippen molar-refractivity contribution in [2.24, 2.45) is 0 Å². The van der Waals surface area contributed by atoms with Crippen molar-refractivity contribution in [1.29, 1.82) is 0 Å². The molecule has 2 heteroatoms. The molecule has 1 N–H and O–H groups in total. The molecule has 0 aliphatic heterocycles. The summed E-state index contributed by atoms with van der Waals surface area (Å²) in [5.74, 6) is 0. The van der Waals surface area contributed by atoms with Crippen molar-refractivity contribution in [2.45, 2.75) is 19.9 Å². The molecule has 2 aromatic carbocycles. The van der Waals surface area contributed by atoms with E-state index in [4.69, 9.17) is 0 Å². The lowest BCUT2D eigenvalue weighted by Gasteiger charge is -2.20. The smallest absolute Gasteiger partial charge is 0.0577 e. The van der Waals surface area contributed by atoms with Crippen LogP contribution in [0.5, 0.6) is 0 Å². The summed E-state index contributed by atoms with van der Waals surface area (Å²) in [7, 11) is 2.01. The van der Waals surface area contributed by atoms with Crippen LogP contribution in [-0.2, 0) is 0 Å². The Morgan fingerprint density at radius 3 is 2.50 bits per heavy atom. The van der Waals surface area contributed by atoms with Crippen LogP contribution in [0.15, 0.2) is 46.9 Å². The molecule has 2 rings (SSSR count). The van der Waals surface area contributed by atoms with Gasteiger partial charge in [-0.25, -0.2) is 0 Å². The average Bonchev–Trinajstić information content (AvgIpc) is 2.35. The van der Waals surface area contributed by atoms with Gasteiger partial charge in [0.15, 0.2) is 0 Å². The predicted molar refractivity (Wildman–Crippen MR) is 81.0 cm³/mol. The molecule has 0 heterocycles. The van der Waals surface area contributed by atoms with E-state index in [1.807, 2.05) is 7.05 Å². The van der Waals surface area contributed by atoms with E-state index in [9.17, 15) is 0 Å². The molecule has 0 bridgehead atoms. The first-order valence-electron chi connectivity index (χ1n) is 6.11. The second kappa shape index (κ2) is 5.68. The molecule has 0 aromatic heterocycles. The standard InChI is InChI=1S/C16H18BrN/c1-11-7-8-12(2)15(9-11)16(18-3)13-5-4-6-14(17)10-13/h4-10,16,18H,1-3H3. The average molecular weight is 304 g/mol. The summed E-state index contributed by atoms with van der Waals surface area (Å²) in [6.45, 7) is 4.30. The van der Waals surface area contributed by atoms with Gasteiger partial charge in [-0.1, -0.05) is 51.8 Å². The lowest BCUT2D eigenvalue weighted by Crippen LogP contribution is -2.18. The van der Waals surface area contributed by atoms with E-state index >= 15 is 0 Å². The van der Waals surface area contributed by atoms with Crippen LogP contribution in [0.3, 0.4) is 0 Å². The van der Waals surface area contributed by atoms with Crippen LogP contribution in [0, 0.1) is 13.8 Å². The van der Waals surface area contributed by atoms with Gasteiger partial charge in [0.1, 0.15) is 0 Å². The van der Waals surface area contributed by atoms with Crippen LogP contribution >= 0.6 is 15.9 Å². The SMILES string of the molecule is CNC(c1cccc(Br)c1)c1cc(C)ccc1C. The molecule has 0 aliphatic carbocycles. The predicted octanol–water partition coefficient (Wildman–Crippen LogP) is 4.37. The largest absolute Gasteiger partial charge is 0.309 e. The van der Waals surface area contributed by atoms with Crippen molar-refractivity contribution in [3.63, 3.8) is 0 Å². The first kappa shape index (κ1) is 13.3. The molecule has 1 nitrogen and oxygen atoms in total. The van der Waals surface area contributed by atoms with Crippen LogP contribution in [0.25, 0.3) is 0 Å². The summed E-state index contributed by atoms with van der Waals surface area (Å²) >= 11 is 3.54. The van der Waals surface area contributed by atoms with E-state index in [0.29, 0.717) is 0 Å². The maximum Gasteiger partial charge on any atom is 0.0577 e. The molecule has 94 valence electrons. The molecule has 18 heavy (non-hydrogen) atoms. The van der Waals surface area contributed by atoms with Crippen molar-refractivity contribution in [2.75, 3.05) is 7.05 Å². The Kier molecular flexibility index (Phi) is 4.20. The number of hydrogen-bond acceptors (Lipinski definition) is 1. The van der Waals surface area contributed by atoms with Gasteiger partial charge in [-0.2, -0.15) is 0 Å². The van der Waals surface area contributed by atoms with Crippen molar-refractivity contribution < 1.29 is 0 Å². The van der Waals surface area contributed by atoms with Crippen molar-refractivity contribution in [1.82, 2.24) is 5.32 Å². The molecule has 0 saturated heterocycles. The van der Waals surface area contributed by atoms with E-state index in [1.165, 1.54) is 22.3 Å². The fourth-order valence-electron chi connectivity index (χ4n) is 2.26. The molecule has 0 fully saturated rings. The maximum absolute atomic E-state index is 3.54. The van der Waals surface area contributed by atoms with Gasteiger partial charge < -0.3 is 5.32 Å². The number of benzene rings is 2. The number of rotatable bonds is 3. The Morgan fingerprint density at radius 2 is 1.83 bits per heavy atom. The highest BCUT2D eigenvalue weighted by Crippen LogP contribution is 2.27. The Balaban J connectivity index is 2.48. The Morgan fingerprint density at radius 1 is 1.06 bits per heavy atom. The van der Waals surface area contributed by atoms with E-state index in [0.717, 1.165) is 4.47 Å². The zero-order valence-electron chi connectivity index (χ0n) is 11.0. The zero-order valence-corrected chi connectivity index (χ0v) is 12.6. The van der Waals surface area contributed by atoms with E-state index in [1.54, 1.807) is 0 Å². The fourth-order valence-corrected chi connectivity index (χ4v) is 2.68. The first-order chi connectivity index (χ1) is 8.61. The monoisotopic (exact) mass is 303 g/mol. The summed E-state index contributed by atoms with van der Waals surface area (Å²) in [5.41, 5.74) is 5.24. The third kappa shape index (κ3) is 2.82. The summed E-state index contributed by atoms with van der Waals surface area (Å²) in [5, 5.41) is 3.41. The number of nitrogens with one attached hydrogen (secondary N) is 1. The highest BCUT2D eigenvalue weighted by atomic mass is 79.9. The summed E-state index contributed by atoms with van der Waals surface area (Å²) in [6.07, 6.45) is 0. The van der Waals surface area contributed by atoms with Crippen LogP contribution < -0.4 is 5.32 Å². The normalized spacial score (nSPS) is 12.4. The lowest BCUT2D eigenvalue weighted by atomic mass is 9.94. The Hall–Kier alpha value is -1.12. The van der Waals surface area contributed by atoms with Gasteiger partial charge in [-0.05, 0) is 49.7 Å². The summed E-state index contributed by atoms with van der Waals surface area (Å²) < 4.78 is 1.12. The zero-order chi connectivity index (χ0) is 13.1. The molecule has 0 spiro atoms. The second-order valence-electron chi connectivity index (χ2n) is 4.64. The molecule has 1 unspecified atom stereocenters. The van der Waals surface area contributed by atoms with Gasteiger partial charge >= 0.3 is 0 Å². The van der Waals surface area contributed by atoms with Crippen LogP contribution in [0.4, 0.5) is 0 Å². The number of aryl methyl sites for hydroxylation is 2. The van der Waals surface area contributed by atoms with E-state index in [-0.39, 0.29) is 6.04 Å². The summed E-state index contributed by atoms with van der Waals surface area (Å²) in [6, 6.07) is 15.3. The quantitative estimate of drug-likeness (QED) is 0.887. The third-order valence-corrected chi connectivity index (χ3v) is 3.71. The van der Waals surface area contributed by atoms with Gasteiger partial charge in [0.25, 0.3) is 0 Å². The topological polar surface area (TPSA) is 12.0 Å². The van der Waals surface area contributed by atoms with E-state index in [2.05, 4.69) is 77.6 Å². The van der Waals surface area contributed by atoms with E-state index < -0.39 is 0 Å². The second-order valence-corrected chi connectivity index (χ2v) is 5.55. The van der Waals surface area contributed by atoms with Gasteiger partial charge in [0.2, 0.25) is 0 Å². The fraction of sp³-hybridized carbons (Fsp3) is 0.250. The highest BCUT2D eigenvalue weighted by Gasteiger charge is 2.14. The van der Waals surface area contributed by atoms with Gasteiger partial charge in [-0.15, -0.1) is 0 Å². The lowest BCUT2D eigenvalue weighted by molar-refractivity contribution is 0.686. The van der Waals surface area contributed by atoms with Crippen LogP contribution in [-0.4, -0.2) is 7.05 Å². The first-order valence-corrected chi connectivity index (χ1v) is 6.91. The molecule has 1 atom stereocenters. The number of halogens is 1. The van der Waals surface area contributed by atoms with Gasteiger partial charge in [0.05, 0.1) is 6.04 Å². The molecule has 0 saturated carbocycles. The Labute approximate surface area is 117 Å². The summed E-state index contributed by atoms with van der Waals surface area (Å²) in [4.78, 5) is 0. The molecule has 0 amide bonds. The van der Waals surface area contributed by atoms with Crippen molar-refractivity contribution in [3.8, 4) is 0 Å². The minimum atomic E-state index is 0.238. The van der Waals surface area contributed by atoms with Crippen molar-refractivity contribution >= 4 is 15.9 Å². The highest BCUT2D eigenvalue weighted by molar-refractivity contribution is 9.10. The van der Waals surface area contributed by atoms with Crippen LogP contribution in [0.2, 0.25) is 0 Å². The third-order valence-electron chi connectivity index (χ3n) is 3.22. The minimum Gasteiger partial charge on any atom is -0.309 e. The molecule has 0 aliphatic rings. The van der Waals surface area contributed by atoms with Gasteiger partial charge in [0, 0.05) is 4.47 Å². The van der Waals surface area contributed by atoms with Crippen LogP contribution in [0.1, 0.15) is 28.3 Å². The number of hydrogen-bond donors (Lipinski definition) is 1. The van der Waals surface area contributed by atoms with Gasteiger partial charge in [-0.3, -0.25) is 0 Å². The molecule has 0 radical (unpaired) electrons. The Bertz CT molecular complexity index is 549. The maximum atomic E-state index is 3.54. The van der Waals surface area contributed by atoms with Crippen molar-refractivity contribution in [3.05, 3.63) is 69.2 Å². The molecular formula is C16H18BrN. The minimum absolute atomic E-state index is 0.238.